The largest absolute Gasteiger partial charge is 0.454 e. The number of carbonyl (C=O) groups excluding carboxylic acids is 1. The summed E-state index contributed by atoms with van der Waals surface area (Å²) < 4.78 is 10.6. The van der Waals surface area contributed by atoms with Crippen molar-refractivity contribution in [3.63, 3.8) is 0 Å². The lowest BCUT2D eigenvalue weighted by atomic mass is 10.0. The zero-order valence-corrected chi connectivity index (χ0v) is 10.6. The Bertz CT molecular complexity index is 749. The summed E-state index contributed by atoms with van der Waals surface area (Å²) in [4.78, 5) is 12.0. The third-order valence-electron chi connectivity index (χ3n) is 3.42. The molecular weight excluding hydrogens is 254 g/mol. The monoisotopic (exact) mass is 265 g/mol. The lowest BCUT2D eigenvalue weighted by Crippen LogP contribution is -2.03. The minimum atomic E-state index is -0.0798. The summed E-state index contributed by atoms with van der Waals surface area (Å²) in [5.41, 5.74) is 3.36. The van der Waals surface area contributed by atoms with Crippen molar-refractivity contribution >= 4 is 23.2 Å². The SMILES string of the molecule is O=C1Nc2ccccc2/C1=C/c1ccc2c(c1)OCO2. The first-order valence-electron chi connectivity index (χ1n) is 6.33. The molecule has 2 aromatic carbocycles. The van der Waals surface area contributed by atoms with E-state index in [9.17, 15) is 4.79 Å². The Labute approximate surface area is 115 Å². The summed E-state index contributed by atoms with van der Waals surface area (Å²) in [5, 5.41) is 2.86. The number of hydrogen-bond donors (Lipinski definition) is 1. The molecule has 98 valence electrons. The minimum absolute atomic E-state index is 0.0798. The first-order valence-corrected chi connectivity index (χ1v) is 6.33. The highest BCUT2D eigenvalue weighted by molar-refractivity contribution is 6.34. The molecule has 0 radical (unpaired) electrons. The Morgan fingerprint density at radius 2 is 1.90 bits per heavy atom. The van der Waals surface area contributed by atoms with Crippen molar-refractivity contribution in [2.24, 2.45) is 0 Å². The lowest BCUT2D eigenvalue weighted by molar-refractivity contribution is -0.110. The number of rotatable bonds is 1. The molecule has 4 heteroatoms. The minimum Gasteiger partial charge on any atom is -0.454 e. The smallest absolute Gasteiger partial charge is 0.256 e. The van der Waals surface area contributed by atoms with Crippen LogP contribution in [0.1, 0.15) is 11.1 Å². The van der Waals surface area contributed by atoms with E-state index in [0.29, 0.717) is 11.3 Å². The molecule has 0 bridgehead atoms. The van der Waals surface area contributed by atoms with E-state index in [0.717, 1.165) is 22.6 Å². The quantitative estimate of drug-likeness (QED) is 0.806. The molecule has 0 fully saturated rings. The first kappa shape index (κ1) is 11.1. The van der Waals surface area contributed by atoms with Crippen LogP contribution in [0.25, 0.3) is 11.6 Å². The number of para-hydroxylation sites is 1. The Kier molecular flexibility index (Phi) is 2.29. The van der Waals surface area contributed by atoms with Gasteiger partial charge < -0.3 is 14.8 Å². The fourth-order valence-corrected chi connectivity index (χ4v) is 2.45. The number of hydrogen-bond acceptors (Lipinski definition) is 3. The van der Waals surface area contributed by atoms with Crippen molar-refractivity contribution in [2.75, 3.05) is 12.1 Å². The van der Waals surface area contributed by atoms with E-state index in [1.54, 1.807) is 0 Å². The maximum atomic E-state index is 12.0. The highest BCUT2D eigenvalue weighted by atomic mass is 16.7. The number of benzene rings is 2. The van der Waals surface area contributed by atoms with Crippen LogP contribution in [0.15, 0.2) is 42.5 Å². The molecule has 0 aliphatic carbocycles. The molecule has 0 unspecified atom stereocenters. The predicted molar refractivity (Wildman–Crippen MR) is 75.5 cm³/mol. The van der Waals surface area contributed by atoms with Crippen LogP contribution in [-0.2, 0) is 4.79 Å². The van der Waals surface area contributed by atoms with Gasteiger partial charge in [0.2, 0.25) is 6.79 Å². The van der Waals surface area contributed by atoms with Crippen LogP contribution in [0.3, 0.4) is 0 Å². The number of carbonyl (C=O) groups is 1. The van der Waals surface area contributed by atoms with Gasteiger partial charge in [0.1, 0.15) is 0 Å². The molecule has 4 nitrogen and oxygen atoms in total. The Balaban J connectivity index is 1.79. The van der Waals surface area contributed by atoms with Crippen molar-refractivity contribution in [1.82, 2.24) is 0 Å². The average molecular weight is 265 g/mol. The molecule has 0 saturated carbocycles. The molecule has 0 atom stereocenters. The summed E-state index contributed by atoms with van der Waals surface area (Å²) in [6, 6.07) is 13.3. The van der Waals surface area contributed by atoms with Gasteiger partial charge in [-0.25, -0.2) is 0 Å². The van der Waals surface area contributed by atoms with E-state index in [1.807, 2.05) is 48.5 Å². The van der Waals surface area contributed by atoms with Gasteiger partial charge in [-0.1, -0.05) is 24.3 Å². The zero-order chi connectivity index (χ0) is 13.5. The van der Waals surface area contributed by atoms with Crippen molar-refractivity contribution in [3.05, 3.63) is 53.6 Å². The number of nitrogens with one attached hydrogen (secondary N) is 1. The van der Waals surface area contributed by atoms with Gasteiger partial charge in [0.15, 0.2) is 11.5 Å². The third kappa shape index (κ3) is 1.66. The van der Waals surface area contributed by atoms with Gasteiger partial charge in [0.25, 0.3) is 5.91 Å². The number of ether oxygens (including phenoxy) is 2. The van der Waals surface area contributed by atoms with Crippen LogP contribution in [0.5, 0.6) is 11.5 Å². The number of anilines is 1. The summed E-state index contributed by atoms with van der Waals surface area (Å²) in [6.45, 7) is 0.249. The van der Waals surface area contributed by atoms with Crippen molar-refractivity contribution < 1.29 is 14.3 Å². The average Bonchev–Trinajstić information content (AvgIpc) is 3.04. The standard InChI is InChI=1S/C16H11NO3/c18-16-12(11-3-1-2-4-13(11)17-16)7-10-5-6-14-15(8-10)20-9-19-14/h1-8H,9H2,(H,17,18)/b12-7-. The fourth-order valence-electron chi connectivity index (χ4n) is 2.45. The molecule has 20 heavy (non-hydrogen) atoms. The van der Waals surface area contributed by atoms with Crippen LogP contribution >= 0.6 is 0 Å². The van der Waals surface area contributed by atoms with Crippen LogP contribution in [0, 0.1) is 0 Å². The topological polar surface area (TPSA) is 47.6 Å². The molecule has 1 amide bonds. The van der Waals surface area contributed by atoms with Crippen molar-refractivity contribution in [1.29, 1.82) is 0 Å². The van der Waals surface area contributed by atoms with Crippen molar-refractivity contribution in [3.8, 4) is 11.5 Å². The lowest BCUT2D eigenvalue weighted by Gasteiger charge is -2.00. The molecule has 2 aliphatic rings. The summed E-state index contributed by atoms with van der Waals surface area (Å²) in [5.74, 6) is 1.37. The van der Waals surface area contributed by atoms with Gasteiger partial charge >= 0.3 is 0 Å². The van der Waals surface area contributed by atoms with Gasteiger partial charge in [-0.15, -0.1) is 0 Å². The first-order chi connectivity index (χ1) is 9.81. The number of fused-ring (bicyclic) bond motifs is 2. The normalized spacial score (nSPS) is 17.2. The van der Waals surface area contributed by atoms with E-state index in [4.69, 9.17) is 9.47 Å². The van der Waals surface area contributed by atoms with E-state index in [1.165, 1.54) is 0 Å². The van der Waals surface area contributed by atoms with Gasteiger partial charge in [-0.2, -0.15) is 0 Å². The molecule has 2 aliphatic heterocycles. The Morgan fingerprint density at radius 1 is 1.05 bits per heavy atom. The Hall–Kier alpha value is -2.75. The fraction of sp³-hybridized carbons (Fsp3) is 0.0625. The number of amides is 1. The van der Waals surface area contributed by atoms with Crippen LogP contribution < -0.4 is 14.8 Å². The third-order valence-corrected chi connectivity index (χ3v) is 3.42. The molecule has 0 aromatic heterocycles. The van der Waals surface area contributed by atoms with E-state index < -0.39 is 0 Å². The van der Waals surface area contributed by atoms with E-state index in [-0.39, 0.29) is 12.7 Å². The highest BCUT2D eigenvalue weighted by Gasteiger charge is 2.23. The van der Waals surface area contributed by atoms with E-state index >= 15 is 0 Å². The molecule has 0 spiro atoms. The molecule has 4 rings (SSSR count). The van der Waals surface area contributed by atoms with Gasteiger partial charge in [0, 0.05) is 16.8 Å². The molecule has 2 aromatic rings. The van der Waals surface area contributed by atoms with Crippen LogP contribution in [0.2, 0.25) is 0 Å². The van der Waals surface area contributed by atoms with Gasteiger partial charge in [-0.3, -0.25) is 4.79 Å². The molecule has 1 N–H and O–H groups in total. The zero-order valence-electron chi connectivity index (χ0n) is 10.6. The summed E-state index contributed by atoms with van der Waals surface area (Å²) in [6.07, 6.45) is 1.86. The van der Waals surface area contributed by atoms with Crippen LogP contribution in [-0.4, -0.2) is 12.7 Å². The predicted octanol–water partition coefficient (Wildman–Crippen LogP) is 2.91. The molecular formula is C16H11NO3. The maximum absolute atomic E-state index is 12.0. The molecule has 0 saturated heterocycles. The van der Waals surface area contributed by atoms with Gasteiger partial charge in [-0.05, 0) is 29.8 Å². The summed E-state index contributed by atoms with van der Waals surface area (Å²) in [7, 11) is 0. The van der Waals surface area contributed by atoms with Crippen LogP contribution in [0.4, 0.5) is 5.69 Å². The summed E-state index contributed by atoms with van der Waals surface area (Å²) >= 11 is 0. The van der Waals surface area contributed by atoms with Crippen molar-refractivity contribution in [2.45, 2.75) is 0 Å². The second kappa shape index (κ2) is 4.13. The second-order valence-corrected chi connectivity index (χ2v) is 4.67. The Morgan fingerprint density at radius 3 is 2.85 bits per heavy atom. The maximum Gasteiger partial charge on any atom is 0.256 e. The van der Waals surface area contributed by atoms with E-state index in [2.05, 4.69) is 5.32 Å². The molecule has 2 heterocycles. The second-order valence-electron chi connectivity index (χ2n) is 4.67. The highest BCUT2D eigenvalue weighted by Crippen LogP contribution is 2.36. The van der Waals surface area contributed by atoms with Gasteiger partial charge in [0.05, 0.1) is 0 Å².